The predicted molar refractivity (Wildman–Crippen MR) is 28.0 cm³/mol. The molecule has 1 atom stereocenters. The van der Waals surface area contributed by atoms with Crippen molar-refractivity contribution in [1.29, 1.82) is 0 Å². The highest BCUT2D eigenvalue weighted by Gasteiger charge is 2.16. The van der Waals surface area contributed by atoms with E-state index in [0.717, 1.165) is 0 Å². The van der Waals surface area contributed by atoms with Gasteiger partial charge in [-0.25, -0.2) is 0 Å². The number of aliphatic hydroxyl groups excluding tert-OH is 1. The quantitative estimate of drug-likeness (QED) is 0.459. The number of aliphatic hydroxyl groups is 1. The van der Waals surface area contributed by atoms with Crippen molar-refractivity contribution in [1.82, 2.24) is 0 Å². The first-order valence-electron chi connectivity index (χ1n) is 2.01. The molecule has 0 aliphatic heterocycles. The van der Waals surface area contributed by atoms with Crippen molar-refractivity contribution < 1.29 is 19.5 Å². The van der Waals surface area contributed by atoms with Gasteiger partial charge in [-0.15, -0.1) is 0 Å². The molecule has 4 nitrogen and oxygen atoms in total. The summed E-state index contributed by atoms with van der Waals surface area (Å²) in [6, 6.07) is 0. The first-order valence-corrected chi connectivity index (χ1v) is 3.69. The molecule has 0 heterocycles. The molecule has 0 rings (SSSR count). The van der Waals surface area contributed by atoms with E-state index in [1.165, 1.54) is 6.92 Å². The summed E-state index contributed by atoms with van der Waals surface area (Å²) < 4.78 is 9.92. The van der Waals surface area contributed by atoms with Crippen LogP contribution < -0.4 is 0 Å². The van der Waals surface area contributed by atoms with Crippen molar-refractivity contribution in [2.24, 2.45) is 0 Å². The largest absolute Gasteiger partial charge is 0.392 e. The fourth-order valence-corrected chi connectivity index (χ4v) is 0.843. The molecule has 49 valence electrons. The maximum Gasteiger partial charge on any atom is 0.332 e. The highest BCUT2D eigenvalue weighted by atomic mass is 31.2. The Morgan fingerprint density at radius 1 is 1.62 bits per heavy atom. The third-order valence-corrected chi connectivity index (χ3v) is 1.23. The molecule has 0 aliphatic rings. The second-order valence-corrected chi connectivity index (χ2v) is 2.96. The molecule has 0 saturated heterocycles. The van der Waals surface area contributed by atoms with Crippen LogP contribution in [-0.4, -0.2) is 21.0 Å². The van der Waals surface area contributed by atoms with E-state index in [1.807, 2.05) is 0 Å². The second kappa shape index (κ2) is 2.60. The van der Waals surface area contributed by atoms with Crippen LogP contribution in [0.2, 0.25) is 0 Å². The highest BCUT2D eigenvalue weighted by molar-refractivity contribution is 7.54. The Hall–Kier alpha value is 0.110. The maximum atomic E-state index is 9.92. The van der Waals surface area contributed by atoms with Crippen LogP contribution in [0.3, 0.4) is 0 Å². The van der Waals surface area contributed by atoms with E-state index in [1.54, 1.807) is 0 Å². The Kier molecular flexibility index (Phi) is 2.63. The standard InChI is InChI=1S/C3H8O4P/c1-3(4)2-8(5,6)7/h2-4H,1H3,(H2,5,6,7). The topological polar surface area (TPSA) is 77.8 Å². The maximum absolute atomic E-state index is 9.92. The lowest BCUT2D eigenvalue weighted by Crippen LogP contribution is -1.99. The first kappa shape index (κ1) is 8.11. The van der Waals surface area contributed by atoms with E-state index in [4.69, 9.17) is 14.9 Å². The average molecular weight is 139 g/mol. The molecule has 0 aromatic heterocycles. The molecule has 1 radical (unpaired) electrons. The van der Waals surface area contributed by atoms with Crippen molar-refractivity contribution >= 4 is 7.60 Å². The Labute approximate surface area is 47.3 Å². The Morgan fingerprint density at radius 3 is 2.00 bits per heavy atom. The SMILES string of the molecule is CC(O)[CH]P(=O)(O)O. The number of rotatable bonds is 2. The average Bonchev–Trinajstić information content (AvgIpc) is 1.21. The predicted octanol–water partition coefficient (Wildman–Crippen LogP) is -0.293. The van der Waals surface area contributed by atoms with Gasteiger partial charge < -0.3 is 14.9 Å². The van der Waals surface area contributed by atoms with Crippen molar-refractivity contribution in [2.75, 3.05) is 0 Å². The minimum absolute atomic E-state index is 0.576. The van der Waals surface area contributed by atoms with Crippen molar-refractivity contribution in [3.63, 3.8) is 0 Å². The number of hydrogen-bond acceptors (Lipinski definition) is 2. The van der Waals surface area contributed by atoms with Crippen molar-refractivity contribution in [3.8, 4) is 0 Å². The summed E-state index contributed by atoms with van der Waals surface area (Å²) in [7, 11) is -4.10. The van der Waals surface area contributed by atoms with Crippen LogP contribution in [0.25, 0.3) is 0 Å². The lowest BCUT2D eigenvalue weighted by Gasteiger charge is -2.03. The summed E-state index contributed by atoms with van der Waals surface area (Å²) in [5.74, 6) is 0. The zero-order valence-corrected chi connectivity index (χ0v) is 5.25. The lowest BCUT2D eigenvalue weighted by molar-refractivity contribution is 0.228. The van der Waals surface area contributed by atoms with Crippen LogP contribution in [0.4, 0.5) is 0 Å². The van der Waals surface area contributed by atoms with E-state index in [0.29, 0.717) is 6.16 Å². The highest BCUT2D eigenvalue weighted by Crippen LogP contribution is 2.39. The van der Waals surface area contributed by atoms with E-state index in [-0.39, 0.29) is 0 Å². The molecular formula is C3H8O4P. The monoisotopic (exact) mass is 139 g/mol. The summed E-state index contributed by atoms with van der Waals surface area (Å²) in [5, 5.41) is 8.34. The third kappa shape index (κ3) is 6.11. The van der Waals surface area contributed by atoms with Crippen LogP contribution in [-0.2, 0) is 4.57 Å². The first-order chi connectivity index (χ1) is 3.42. The van der Waals surface area contributed by atoms with Gasteiger partial charge >= 0.3 is 7.60 Å². The fraction of sp³-hybridized carbons (Fsp3) is 0.667. The summed E-state index contributed by atoms with van der Waals surface area (Å²) in [5.41, 5.74) is 0. The second-order valence-electron chi connectivity index (χ2n) is 1.48. The third-order valence-electron chi connectivity index (χ3n) is 0.410. The van der Waals surface area contributed by atoms with E-state index in [2.05, 4.69) is 0 Å². The lowest BCUT2D eigenvalue weighted by atomic mass is 10.5. The van der Waals surface area contributed by atoms with E-state index < -0.39 is 13.7 Å². The summed E-state index contributed by atoms with van der Waals surface area (Å²) in [4.78, 5) is 16.2. The van der Waals surface area contributed by atoms with Gasteiger partial charge in [0.05, 0.1) is 6.10 Å². The number of hydrogen-bond donors (Lipinski definition) is 3. The van der Waals surface area contributed by atoms with Gasteiger partial charge in [-0.05, 0) is 6.92 Å². The van der Waals surface area contributed by atoms with E-state index >= 15 is 0 Å². The molecule has 0 aromatic rings. The van der Waals surface area contributed by atoms with Crippen LogP contribution in [0, 0.1) is 6.16 Å². The van der Waals surface area contributed by atoms with E-state index in [9.17, 15) is 4.57 Å². The van der Waals surface area contributed by atoms with Gasteiger partial charge in [0.15, 0.2) is 0 Å². The van der Waals surface area contributed by atoms with Gasteiger partial charge in [-0.2, -0.15) is 0 Å². The van der Waals surface area contributed by atoms with Gasteiger partial charge in [0, 0.05) is 0 Å². The van der Waals surface area contributed by atoms with Gasteiger partial charge in [0.25, 0.3) is 0 Å². The summed E-state index contributed by atoms with van der Waals surface area (Å²) in [6.07, 6.45) is -0.469. The molecule has 0 aromatic carbocycles. The van der Waals surface area contributed by atoms with Crippen LogP contribution in [0.1, 0.15) is 6.92 Å². The Bertz CT molecular complexity index is 104. The zero-order valence-electron chi connectivity index (χ0n) is 4.35. The molecule has 0 amide bonds. The Morgan fingerprint density at radius 2 is 2.00 bits per heavy atom. The van der Waals surface area contributed by atoms with Gasteiger partial charge in [-0.1, -0.05) is 0 Å². The van der Waals surface area contributed by atoms with Crippen molar-refractivity contribution in [3.05, 3.63) is 6.16 Å². The summed E-state index contributed by atoms with van der Waals surface area (Å²) in [6.45, 7) is 1.28. The molecule has 0 bridgehead atoms. The Balaban J connectivity index is 3.56. The zero-order chi connectivity index (χ0) is 6.78. The molecular weight excluding hydrogens is 131 g/mol. The molecule has 5 heteroatoms. The summed E-state index contributed by atoms with van der Waals surface area (Å²) >= 11 is 0. The molecule has 3 N–H and O–H groups in total. The molecule has 1 unspecified atom stereocenters. The fourth-order valence-electron chi connectivity index (χ4n) is 0.281. The van der Waals surface area contributed by atoms with Crippen molar-refractivity contribution in [2.45, 2.75) is 13.0 Å². The smallest absolute Gasteiger partial charge is 0.332 e. The van der Waals surface area contributed by atoms with Gasteiger partial charge in [0.2, 0.25) is 0 Å². The molecule has 8 heavy (non-hydrogen) atoms. The molecule has 0 saturated carbocycles. The molecule has 0 aliphatic carbocycles. The molecule has 0 fully saturated rings. The minimum Gasteiger partial charge on any atom is -0.392 e. The minimum atomic E-state index is -4.10. The normalized spacial score (nSPS) is 16.0. The van der Waals surface area contributed by atoms with Crippen LogP contribution in [0.5, 0.6) is 0 Å². The van der Waals surface area contributed by atoms with Crippen LogP contribution in [0.15, 0.2) is 0 Å². The van der Waals surface area contributed by atoms with Gasteiger partial charge in [-0.3, -0.25) is 4.57 Å². The van der Waals surface area contributed by atoms with Crippen LogP contribution >= 0.6 is 7.60 Å². The van der Waals surface area contributed by atoms with Gasteiger partial charge in [0.1, 0.15) is 6.16 Å². The molecule has 0 spiro atoms.